The Morgan fingerprint density at radius 3 is 2.42 bits per heavy atom. The van der Waals surface area contributed by atoms with E-state index in [1.165, 1.54) is 0 Å². The van der Waals surface area contributed by atoms with E-state index >= 15 is 0 Å². The Morgan fingerprint density at radius 2 is 1.79 bits per heavy atom. The van der Waals surface area contributed by atoms with Crippen molar-refractivity contribution in [2.75, 3.05) is 13.2 Å². The van der Waals surface area contributed by atoms with E-state index < -0.39 is 5.60 Å². The Bertz CT molecular complexity index is 1610. The molecule has 1 aliphatic heterocycles. The lowest BCUT2D eigenvalue weighted by atomic mass is 9.88. The minimum Gasteiger partial charge on any atom is -0.384 e. The number of aliphatic hydroxyl groups is 1. The molecule has 0 aliphatic carbocycles. The second-order valence-electron chi connectivity index (χ2n) is 11.0. The average Bonchev–Trinajstić information content (AvgIpc) is 3.52. The number of ether oxygens (including phenoxy) is 1. The van der Waals surface area contributed by atoms with Crippen LogP contribution in [0.3, 0.4) is 0 Å². The first-order valence-electron chi connectivity index (χ1n) is 13.1. The summed E-state index contributed by atoms with van der Waals surface area (Å²) in [5.74, 6) is 0.288. The largest absolute Gasteiger partial charge is 0.384 e. The first-order chi connectivity index (χ1) is 18.1. The molecule has 198 valence electrons. The van der Waals surface area contributed by atoms with E-state index in [1.54, 1.807) is 18.5 Å². The molecule has 0 spiro atoms. The maximum Gasteiger partial charge on any atom is 0.118 e. The summed E-state index contributed by atoms with van der Waals surface area (Å²) < 4.78 is 11.7. The number of pyridine rings is 2. The van der Waals surface area contributed by atoms with Gasteiger partial charge in [-0.1, -0.05) is 11.3 Å². The minimum atomic E-state index is -1.15. The Balaban J connectivity index is 1.73. The Hall–Kier alpha value is -3.63. The van der Waals surface area contributed by atoms with Gasteiger partial charge in [0.2, 0.25) is 0 Å². The van der Waals surface area contributed by atoms with Gasteiger partial charge in [0.05, 0.1) is 34.2 Å². The van der Waals surface area contributed by atoms with Crippen LogP contribution in [0.1, 0.15) is 55.4 Å². The summed E-state index contributed by atoms with van der Waals surface area (Å²) in [6.45, 7) is 9.01. The highest BCUT2D eigenvalue weighted by molar-refractivity contribution is 6.06. The number of fused-ring (bicyclic) bond motifs is 3. The highest BCUT2D eigenvalue weighted by atomic mass is 16.5. The second kappa shape index (κ2) is 8.99. The summed E-state index contributed by atoms with van der Waals surface area (Å²) in [4.78, 5) is 9.91. The van der Waals surface area contributed by atoms with Crippen molar-refractivity contribution < 1.29 is 9.84 Å². The van der Waals surface area contributed by atoms with Gasteiger partial charge in [-0.2, -0.15) is 5.10 Å². The number of hydrogen-bond acceptors (Lipinski definition) is 7. The molecule has 1 saturated heterocycles. The van der Waals surface area contributed by atoms with Crippen LogP contribution >= 0.6 is 0 Å². The lowest BCUT2D eigenvalue weighted by Gasteiger charge is -2.32. The molecule has 6 heterocycles. The third-order valence-electron chi connectivity index (χ3n) is 7.69. The van der Waals surface area contributed by atoms with Crippen LogP contribution in [0, 0.1) is 19.8 Å². The van der Waals surface area contributed by atoms with Gasteiger partial charge in [-0.15, -0.1) is 5.10 Å². The van der Waals surface area contributed by atoms with E-state index in [-0.39, 0.29) is 12.0 Å². The minimum absolute atomic E-state index is 0.0902. The molecule has 0 aromatic carbocycles. The van der Waals surface area contributed by atoms with Crippen LogP contribution < -0.4 is 0 Å². The zero-order chi connectivity index (χ0) is 26.8. The van der Waals surface area contributed by atoms with Gasteiger partial charge in [0.1, 0.15) is 22.3 Å². The molecule has 1 N–H and O–H groups in total. The first kappa shape index (κ1) is 24.7. The van der Waals surface area contributed by atoms with Crippen molar-refractivity contribution in [3.63, 3.8) is 0 Å². The summed E-state index contributed by atoms with van der Waals surface area (Å²) in [6.07, 6.45) is 5.63. The second-order valence-corrected chi connectivity index (χ2v) is 11.0. The fourth-order valence-corrected chi connectivity index (χ4v) is 5.90. The molecule has 5 aromatic rings. The molecule has 10 heteroatoms. The first-order valence-corrected chi connectivity index (χ1v) is 13.1. The molecule has 1 fully saturated rings. The number of hydrogen-bond donors (Lipinski definition) is 1. The predicted octanol–water partition coefficient (Wildman–Crippen LogP) is 3.97. The molecule has 0 bridgehead atoms. The fraction of sp³-hybridized carbons (Fsp3) is 0.464. The summed E-state index contributed by atoms with van der Waals surface area (Å²) in [5, 5.41) is 24.5. The van der Waals surface area contributed by atoms with Crippen LogP contribution in [0.25, 0.3) is 33.3 Å². The molecule has 1 unspecified atom stereocenters. The van der Waals surface area contributed by atoms with Crippen molar-refractivity contribution in [2.45, 2.75) is 52.2 Å². The molecule has 38 heavy (non-hydrogen) atoms. The monoisotopic (exact) mass is 514 g/mol. The maximum atomic E-state index is 11.3. The zero-order valence-corrected chi connectivity index (χ0v) is 22.8. The van der Waals surface area contributed by atoms with Gasteiger partial charge >= 0.3 is 0 Å². The molecular formula is C28H34N8O2. The number of aromatic nitrogens is 8. The summed E-state index contributed by atoms with van der Waals surface area (Å²) in [7, 11) is 3.81. The molecule has 6 rings (SSSR count). The van der Waals surface area contributed by atoms with Crippen molar-refractivity contribution in [1.29, 1.82) is 0 Å². The van der Waals surface area contributed by atoms with Crippen LogP contribution in [-0.2, 0) is 24.4 Å². The maximum absolute atomic E-state index is 11.3. The van der Waals surface area contributed by atoms with Gasteiger partial charge in [-0.3, -0.25) is 14.6 Å². The zero-order valence-electron chi connectivity index (χ0n) is 22.8. The Morgan fingerprint density at radius 1 is 1.03 bits per heavy atom. The molecule has 0 amide bonds. The standard InChI is InChI=1S/C28H34N8O2/c1-16-7-8-20(29-14-16)24(18-9-11-38-12-10-18)36-21-13-19(23-17(2)31-33-35(23)6)15-30-22(21)25-26(36)27(28(3,4)37)32-34(25)5/h7-8,13-15,18,24,37H,9-12H2,1-6H3. The third-order valence-corrected chi connectivity index (χ3v) is 7.69. The van der Waals surface area contributed by atoms with Crippen LogP contribution in [0.4, 0.5) is 0 Å². The van der Waals surface area contributed by atoms with E-state index in [0.29, 0.717) is 18.9 Å². The van der Waals surface area contributed by atoms with Gasteiger partial charge in [0, 0.05) is 45.3 Å². The topological polar surface area (TPSA) is 109 Å². The van der Waals surface area contributed by atoms with Gasteiger partial charge in [0.15, 0.2) is 0 Å². The number of aryl methyl sites for hydroxylation is 4. The summed E-state index contributed by atoms with van der Waals surface area (Å²) in [6, 6.07) is 6.32. The summed E-state index contributed by atoms with van der Waals surface area (Å²) >= 11 is 0. The van der Waals surface area contributed by atoms with E-state index in [9.17, 15) is 5.11 Å². The Labute approximate surface area is 221 Å². The van der Waals surface area contributed by atoms with Crippen molar-refractivity contribution in [2.24, 2.45) is 20.0 Å². The Kier molecular flexibility index (Phi) is 5.84. The lowest BCUT2D eigenvalue weighted by molar-refractivity contribution is 0.0542. The quantitative estimate of drug-likeness (QED) is 0.378. The summed E-state index contributed by atoms with van der Waals surface area (Å²) in [5.41, 5.74) is 7.86. The van der Waals surface area contributed by atoms with Crippen molar-refractivity contribution in [3.8, 4) is 11.3 Å². The van der Waals surface area contributed by atoms with Crippen molar-refractivity contribution in [3.05, 3.63) is 53.2 Å². The van der Waals surface area contributed by atoms with Gasteiger partial charge in [0.25, 0.3) is 0 Å². The molecule has 1 atom stereocenters. The molecule has 0 saturated carbocycles. The van der Waals surface area contributed by atoms with E-state index in [0.717, 1.165) is 63.1 Å². The van der Waals surface area contributed by atoms with Gasteiger partial charge in [-0.05, 0) is 64.2 Å². The molecule has 10 nitrogen and oxygen atoms in total. The van der Waals surface area contributed by atoms with Crippen LogP contribution in [0.15, 0.2) is 30.6 Å². The van der Waals surface area contributed by atoms with Crippen molar-refractivity contribution >= 4 is 22.1 Å². The average molecular weight is 515 g/mol. The molecular weight excluding hydrogens is 480 g/mol. The van der Waals surface area contributed by atoms with Crippen LogP contribution in [0.5, 0.6) is 0 Å². The highest BCUT2D eigenvalue weighted by Gasteiger charge is 2.36. The smallest absolute Gasteiger partial charge is 0.118 e. The van der Waals surface area contributed by atoms with Crippen LogP contribution in [0.2, 0.25) is 0 Å². The fourth-order valence-electron chi connectivity index (χ4n) is 5.90. The predicted molar refractivity (Wildman–Crippen MR) is 145 cm³/mol. The van der Waals surface area contributed by atoms with Gasteiger partial charge < -0.3 is 14.4 Å². The lowest BCUT2D eigenvalue weighted by Crippen LogP contribution is -2.28. The molecule has 5 aromatic heterocycles. The molecule has 1 aliphatic rings. The SMILES string of the molecule is Cc1ccc(C(C2CCOCC2)n2c3cc(-c4c(C)nnn4C)cnc3c3c2c(C(C)(C)O)nn3C)nc1. The number of nitrogens with zero attached hydrogens (tertiary/aromatic N) is 8. The highest BCUT2D eigenvalue weighted by Crippen LogP contribution is 2.43. The van der Waals surface area contributed by atoms with E-state index in [2.05, 4.69) is 40.0 Å². The van der Waals surface area contributed by atoms with Gasteiger partial charge in [-0.25, -0.2) is 4.68 Å². The normalized spacial score (nSPS) is 16.1. The van der Waals surface area contributed by atoms with Crippen molar-refractivity contribution in [1.82, 2.24) is 39.3 Å². The van der Waals surface area contributed by atoms with E-state index in [1.807, 2.05) is 38.1 Å². The van der Waals surface area contributed by atoms with Crippen LogP contribution in [-0.4, -0.2) is 57.6 Å². The molecule has 0 radical (unpaired) electrons. The van der Waals surface area contributed by atoms with E-state index in [4.69, 9.17) is 19.8 Å². The third kappa shape index (κ3) is 3.90. The number of rotatable bonds is 5.